The number of phenols is 2. The lowest BCUT2D eigenvalue weighted by Gasteiger charge is -2.13. The zero-order valence-electron chi connectivity index (χ0n) is 13.1. The molecule has 120 valence electrons. The van der Waals surface area contributed by atoms with Crippen LogP contribution in [0.1, 0.15) is 13.3 Å². The number of aromatic hydroxyl groups is 2. The zero-order chi connectivity index (χ0) is 17.1. The molecular formula is C19H16N2O3. The molecule has 0 aromatic heterocycles. The summed E-state index contributed by atoms with van der Waals surface area (Å²) in [6.07, 6.45) is 2.09. The molecule has 2 aromatic carbocycles. The lowest BCUT2D eigenvalue weighted by molar-refractivity contribution is -0.109. The molecule has 2 N–H and O–H groups in total. The molecule has 0 unspecified atom stereocenters. The predicted molar refractivity (Wildman–Crippen MR) is 93.8 cm³/mol. The van der Waals surface area contributed by atoms with Crippen molar-refractivity contribution < 1.29 is 15.0 Å². The van der Waals surface area contributed by atoms with Crippen molar-refractivity contribution in [3.05, 3.63) is 60.2 Å². The Morgan fingerprint density at radius 1 is 0.833 bits per heavy atom. The fraction of sp³-hybridized carbons (Fsp3) is 0.105. The van der Waals surface area contributed by atoms with Crippen LogP contribution in [0.25, 0.3) is 0 Å². The Kier molecular flexibility index (Phi) is 4.24. The minimum Gasteiger partial charge on any atom is -0.508 e. The van der Waals surface area contributed by atoms with Crippen LogP contribution in [-0.4, -0.2) is 27.4 Å². The molecule has 2 aromatic rings. The molecule has 0 fully saturated rings. The number of allylic oxidation sites excluding steroid dienone is 2. The first-order chi connectivity index (χ1) is 11.5. The first-order valence-electron chi connectivity index (χ1n) is 7.47. The molecule has 24 heavy (non-hydrogen) atoms. The highest BCUT2D eigenvalue weighted by atomic mass is 16.3. The summed E-state index contributed by atoms with van der Waals surface area (Å²) < 4.78 is 0. The number of carbonyl (C=O) groups excluding carboxylic acids is 1. The van der Waals surface area contributed by atoms with Gasteiger partial charge in [0, 0.05) is 17.7 Å². The summed E-state index contributed by atoms with van der Waals surface area (Å²) >= 11 is 0. The highest BCUT2D eigenvalue weighted by molar-refractivity contribution is 6.51. The third-order valence-corrected chi connectivity index (χ3v) is 3.59. The van der Waals surface area contributed by atoms with Gasteiger partial charge in [0.25, 0.3) is 0 Å². The van der Waals surface area contributed by atoms with Crippen molar-refractivity contribution in [1.29, 1.82) is 0 Å². The maximum Gasteiger partial charge on any atom is 0.203 e. The van der Waals surface area contributed by atoms with Crippen molar-refractivity contribution in [2.45, 2.75) is 13.3 Å². The molecule has 5 heteroatoms. The molecule has 1 aliphatic carbocycles. The van der Waals surface area contributed by atoms with Gasteiger partial charge >= 0.3 is 0 Å². The molecule has 1 aliphatic rings. The monoisotopic (exact) mass is 320 g/mol. The van der Waals surface area contributed by atoms with E-state index in [0.29, 0.717) is 29.1 Å². The smallest absolute Gasteiger partial charge is 0.203 e. The SMILES string of the molecule is CC1=CC(=Nc2ccc(O)cc2)CC(=Nc2ccc(O)cc2)C1=O. The number of aliphatic imine (C=N–C) groups is 2. The summed E-state index contributed by atoms with van der Waals surface area (Å²) in [6, 6.07) is 12.9. The Labute approximate surface area is 139 Å². The lowest BCUT2D eigenvalue weighted by atomic mass is 9.95. The van der Waals surface area contributed by atoms with E-state index in [1.807, 2.05) is 0 Å². The number of ketones is 1. The highest BCUT2D eigenvalue weighted by Crippen LogP contribution is 2.22. The van der Waals surface area contributed by atoms with Gasteiger partial charge < -0.3 is 10.2 Å². The van der Waals surface area contributed by atoms with Crippen molar-refractivity contribution in [2.24, 2.45) is 9.98 Å². The van der Waals surface area contributed by atoms with E-state index in [1.54, 1.807) is 49.4 Å². The van der Waals surface area contributed by atoms with Crippen LogP contribution in [0, 0.1) is 0 Å². The maximum absolute atomic E-state index is 12.3. The standard InChI is InChI=1S/C19H16N2O3/c1-12-10-15(20-13-2-6-16(22)7-3-13)11-18(19(12)24)21-14-4-8-17(23)9-5-14/h2-10,22-23H,11H2,1H3. The van der Waals surface area contributed by atoms with E-state index >= 15 is 0 Å². The molecule has 0 heterocycles. The van der Waals surface area contributed by atoms with Gasteiger partial charge in [0.15, 0.2) is 0 Å². The highest BCUT2D eigenvalue weighted by Gasteiger charge is 2.21. The summed E-state index contributed by atoms with van der Waals surface area (Å²) in [7, 11) is 0. The number of Topliss-reactive ketones (excluding diaryl/α,β-unsaturated/α-hetero) is 1. The van der Waals surface area contributed by atoms with Crippen LogP contribution in [0.4, 0.5) is 11.4 Å². The third-order valence-electron chi connectivity index (χ3n) is 3.59. The van der Waals surface area contributed by atoms with Gasteiger partial charge in [-0.2, -0.15) is 0 Å². The van der Waals surface area contributed by atoms with Gasteiger partial charge in [-0.05, 0) is 61.5 Å². The molecule has 3 rings (SSSR count). The number of carbonyl (C=O) groups is 1. The summed E-state index contributed by atoms with van der Waals surface area (Å²) in [6.45, 7) is 1.74. The van der Waals surface area contributed by atoms with Gasteiger partial charge in [-0.25, -0.2) is 4.99 Å². The number of hydrogen-bond acceptors (Lipinski definition) is 5. The summed E-state index contributed by atoms with van der Waals surface area (Å²) in [5.41, 5.74) is 3.03. The summed E-state index contributed by atoms with van der Waals surface area (Å²) in [5.74, 6) is 0.228. The average Bonchev–Trinajstić information content (AvgIpc) is 2.56. The topological polar surface area (TPSA) is 82.2 Å². The number of phenolic OH excluding ortho intramolecular Hbond substituents is 2. The van der Waals surface area contributed by atoms with E-state index in [-0.39, 0.29) is 17.3 Å². The first kappa shape index (κ1) is 15.7. The van der Waals surface area contributed by atoms with Crippen molar-refractivity contribution in [3.63, 3.8) is 0 Å². The molecule has 0 amide bonds. The van der Waals surface area contributed by atoms with E-state index in [4.69, 9.17) is 0 Å². The molecule has 0 spiro atoms. The molecule has 0 saturated heterocycles. The van der Waals surface area contributed by atoms with Crippen LogP contribution < -0.4 is 0 Å². The second-order valence-electron chi connectivity index (χ2n) is 5.53. The minimum absolute atomic E-state index is 0.104. The first-order valence-corrected chi connectivity index (χ1v) is 7.47. The Hall–Kier alpha value is -3.21. The number of benzene rings is 2. The Bertz CT molecular complexity index is 860. The van der Waals surface area contributed by atoms with Crippen LogP contribution in [0.15, 0.2) is 70.2 Å². The maximum atomic E-state index is 12.3. The van der Waals surface area contributed by atoms with Crippen molar-refractivity contribution in [3.8, 4) is 11.5 Å². The fourth-order valence-electron chi connectivity index (χ4n) is 2.38. The molecule has 0 radical (unpaired) electrons. The fourth-order valence-corrected chi connectivity index (χ4v) is 2.38. The second kappa shape index (κ2) is 6.50. The van der Waals surface area contributed by atoms with E-state index in [2.05, 4.69) is 9.98 Å². The van der Waals surface area contributed by atoms with Crippen LogP contribution in [0.3, 0.4) is 0 Å². The van der Waals surface area contributed by atoms with Crippen LogP contribution >= 0.6 is 0 Å². The predicted octanol–water partition coefficient (Wildman–Crippen LogP) is 3.86. The third kappa shape index (κ3) is 3.57. The van der Waals surface area contributed by atoms with E-state index in [1.165, 1.54) is 12.1 Å². The Balaban J connectivity index is 1.92. The van der Waals surface area contributed by atoms with Crippen LogP contribution in [-0.2, 0) is 4.79 Å². The van der Waals surface area contributed by atoms with Crippen molar-refractivity contribution in [1.82, 2.24) is 0 Å². The van der Waals surface area contributed by atoms with Crippen molar-refractivity contribution in [2.75, 3.05) is 0 Å². The summed E-state index contributed by atoms with van der Waals surface area (Å²) in [4.78, 5) is 21.2. The van der Waals surface area contributed by atoms with Crippen molar-refractivity contribution >= 4 is 28.6 Å². The summed E-state index contributed by atoms with van der Waals surface area (Å²) in [5, 5.41) is 18.6. The quantitative estimate of drug-likeness (QED) is 0.881. The van der Waals surface area contributed by atoms with Crippen LogP contribution in [0.5, 0.6) is 11.5 Å². The lowest BCUT2D eigenvalue weighted by Crippen LogP contribution is -2.23. The molecule has 0 bridgehead atoms. The average molecular weight is 320 g/mol. The van der Waals surface area contributed by atoms with Crippen LogP contribution in [0.2, 0.25) is 0 Å². The molecule has 0 saturated carbocycles. The number of nitrogens with zero attached hydrogens (tertiary/aromatic N) is 2. The molecule has 0 aliphatic heterocycles. The normalized spacial score (nSPS) is 18.0. The second-order valence-corrected chi connectivity index (χ2v) is 5.53. The van der Waals surface area contributed by atoms with Gasteiger partial charge in [0.1, 0.15) is 11.5 Å². The Morgan fingerprint density at radius 2 is 1.33 bits per heavy atom. The largest absolute Gasteiger partial charge is 0.508 e. The van der Waals surface area contributed by atoms with E-state index < -0.39 is 0 Å². The van der Waals surface area contributed by atoms with Gasteiger partial charge in [-0.15, -0.1) is 0 Å². The molecule has 0 atom stereocenters. The van der Waals surface area contributed by atoms with Gasteiger partial charge in [-0.3, -0.25) is 9.79 Å². The molecular weight excluding hydrogens is 304 g/mol. The van der Waals surface area contributed by atoms with Gasteiger partial charge in [0.2, 0.25) is 5.78 Å². The van der Waals surface area contributed by atoms with E-state index in [0.717, 1.165) is 5.71 Å². The Morgan fingerprint density at radius 3 is 1.88 bits per heavy atom. The number of rotatable bonds is 2. The zero-order valence-corrected chi connectivity index (χ0v) is 13.1. The minimum atomic E-state index is -0.104. The van der Waals surface area contributed by atoms with E-state index in [9.17, 15) is 15.0 Å². The number of hydrogen-bond donors (Lipinski definition) is 2. The molecule has 5 nitrogen and oxygen atoms in total. The van der Waals surface area contributed by atoms with Gasteiger partial charge in [0.05, 0.1) is 17.1 Å². The van der Waals surface area contributed by atoms with Gasteiger partial charge in [-0.1, -0.05) is 0 Å².